The lowest BCUT2D eigenvalue weighted by atomic mass is 9.95. The Morgan fingerprint density at radius 2 is 1.58 bits per heavy atom. The van der Waals surface area contributed by atoms with Crippen LogP contribution in [-0.2, 0) is 7.05 Å². The van der Waals surface area contributed by atoms with Crippen molar-refractivity contribution in [3.63, 3.8) is 0 Å². The summed E-state index contributed by atoms with van der Waals surface area (Å²) in [5.41, 5.74) is 0.275. The molecule has 0 aromatic carbocycles. The third kappa shape index (κ3) is 5.39. The number of hydrogen-bond donors (Lipinski definition) is 1. The van der Waals surface area contributed by atoms with Crippen LogP contribution in [0, 0.1) is 13.8 Å². The maximum absolute atomic E-state index is 12.2. The molecule has 0 aliphatic heterocycles. The van der Waals surface area contributed by atoms with Crippen molar-refractivity contribution < 1.29 is 0 Å². The van der Waals surface area contributed by atoms with Gasteiger partial charge in [0.1, 0.15) is 8.95 Å². The number of H-pyrrole nitrogens is 1. The minimum Gasteiger partial charge on any atom is -0.310 e. The molecule has 2 heterocycles. The number of aromatic amines is 1. The molecule has 1 unspecified atom stereocenters. The summed E-state index contributed by atoms with van der Waals surface area (Å²) >= 11 is 6.45. The van der Waals surface area contributed by atoms with Gasteiger partial charge < -0.3 is 4.98 Å². The average molecular weight is 562 g/mol. The first-order valence-corrected chi connectivity index (χ1v) is 12.1. The van der Waals surface area contributed by atoms with Crippen LogP contribution in [0.3, 0.4) is 0 Å². The standard InChI is InChI=1S/C12H17BrN2O2.C9H13BrN2O2/c1-8-10(13)11(16)15(12(17)14(8)2)9-6-4-3-5-7-9;1-4-5(2)12-8(13)7(10)6(3)11-9(12)14/h9H,3-7H2,1-2H3;5H,4H2,1-3H3,(H,11,14). The Bertz CT molecular complexity index is 1130. The summed E-state index contributed by atoms with van der Waals surface area (Å²) in [6.45, 7) is 7.24. The van der Waals surface area contributed by atoms with E-state index in [1.807, 2.05) is 13.8 Å². The zero-order chi connectivity index (χ0) is 23.5. The predicted octanol–water partition coefficient (Wildman–Crippen LogP) is 3.70. The number of hydrogen-bond acceptors (Lipinski definition) is 4. The molecule has 1 aliphatic rings. The highest BCUT2D eigenvalue weighted by atomic mass is 79.9. The van der Waals surface area contributed by atoms with Crippen molar-refractivity contribution in [2.24, 2.45) is 7.05 Å². The van der Waals surface area contributed by atoms with Crippen molar-refractivity contribution in [2.45, 2.75) is 78.3 Å². The molecule has 1 saturated carbocycles. The zero-order valence-electron chi connectivity index (χ0n) is 18.6. The van der Waals surface area contributed by atoms with E-state index < -0.39 is 0 Å². The number of nitrogens with zero attached hydrogens (tertiary/aromatic N) is 3. The maximum Gasteiger partial charge on any atom is 0.331 e. The lowest BCUT2D eigenvalue weighted by molar-refractivity contribution is 0.330. The van der Waals surface area contributed by atoms with Crippen molar-refractivity contribution in [1.29, 1.82) is 0 Å². The second kappa shape index (κ2) is 10.8. The summed E-state index contributed by atoms with van der Waals surface area (Å²) in [4.78, 5) is 50.2. The summed E-state index contributed by atoms with van der Waals surface area (Å²) in [6.07, 6.45) is 6.03. The number of aromatic nitrogens is 4. The predicted molar refractivity (Wildman–Crippen MR) is 129 cm³/mol. The van der Waals surface area contributed by atoms with Crippen molar-refractivity contribution in [3.8, 4) is 0 Å². The minimum atomic E-state index is -0.343. The van der Waals surface area contributed by atoms with Crippen molar-refractivity contribution >= 4 is 31.9 Å². The smallest absolute Gasteiger partial charge is 0.310 e. The molecule has 1 aliphatic carbocycles. The molecule has 8 nitrogen and oxygen atoms in total. The van der Waals surface area contributed by atoms with E-state index in [4.69, 9.17) is 0 Å². The first-order chi connectivity index (χ1) is 14.5. The normalized spacial score (nSPS) is 15.3. The topological polar surface area (TPSA) is 98.9 Å². The Morgan fingerprint density at radius 3 is 2.13 bits per heavy atom. The zero-order valence-corrected chi connectivity index (χ0v) is 21.8. The Kier molecular flexibility index (Phi) is 8.88. The van der Waals surface area contributed by atoms with Gasteiger partial charge in [0.2, 0.25) is 0 Å². The fourth-order valence-electron chi connectivity index (χ4n) is 3.68. The van der Waals surface area contributed by atoms with Crippen LogP contribution in [-0.4, -0.2) is 18.7 Å². The number of aryl methyl sites for hydroxylation is 1. The van der Waals surface area contributed by atoms with E-state index in [9.17, 15) is 19.2 Å². The van der Waals surface area contributed by atoms with E-state index >= 15 is 0 Å². The molecule has 172 valence electrons. The van der Waals surface area contributed by atoms with Crippen LogP contribution in [0.4, 0.5) is 0 Å². The van der Waals surface area contributed by atoms with Crippen molar-refractivity contribution in [2.75, 3.05) is 0 Å². The molecule has 0 bridgehead atoms. The lowest BCUT2D eigenvalue weighted by Gasteiger charge is -2.24. The summed E-state index contributed by atoms with van der Waals surface area (Å²) < 4.78 is 5.13. The quantitative estimate of drug-likeness (QED) is 0.617. The van der Waals surface area contributed by atoms with Gasteiger partial charge >= 0.3 is 11.4 Å². The van der Waals surface area contributed by atoms with Crippen LogP contribution in [0.15, 0.2) is 28.1 Å². The summed E-state index contributed by atoms with van der Waals surface area (Å²) in [5.74, 6) is 0. The van der Waals surface area contributed by atoms with Gasteiger partial charge in [-0.05, 0) is 71.9 Å². The molecule has 1 N–H and O–H groups in total. The van der Waals surface area contributed by atoms with Crippen molar-refractivity contribution in [1.82, 2.24) is 18.7 Å². The fraction of sp³-hybridized carbons (Fsp3) is 0.619. The van der Waals surface area contributed by atoms with Gasteiger partial charge in [0.05, 0.1) is 0 Å². The molecule has 0 spiro atoms. The van der Waals surface area contributed by atoms with E-state index in [1.165, 1.54) is 15.6 Å². The van der Waals surface area contributed by atoms with Crippen LogP contribution in [0.1, 0.15) is 75.8 Å². The van der Waals surface area contributed by atoms with Gasteiger partial charge in [0.25, 0.3) is 11.1 Å². The van der Waals surface area contributed by atoms with Crippen LogP contribution in [0.5, 0.6) is 0 Å². The minimum absolute atomic E-state index is 0.0758. The monoisotopic (exact) mass is 560 g/mol. The largest absolute Gasteiger partial charge is 0.331 e. The van der Waals surface area contributed by atoms with E-state index in [2.05, 4.69) is 36.8 Å². The molecular formula is C21H30Br2N4O4. The maximum atomic E-state index is 12.2. The Morgan fingerprint density at radius 1 is 1.00 bits per heavy atom. The molecule has 1 atom stereocenters. The van der Waals surface area contributed by atoms with Gasteiger partial charge in [-0.3, -0.25) is 23.3 Å². The molecular weight excluding hydrogens is 532 g/mol. The van der Waals surface area contributed by atoms with E-state index in [0.717, 1.165) is 32.1 Å². The molecule has 31 heavy (non-hydrogen) atoms. The highest BCUT2D eigenvalue weighted by Crippen LogP contribution is 2.26. The Hall–Kier alpha value is -1.68. The second-order valence-corrected chi connectivity index (χ2v) is 9.60. The third-order valence-electron chi connectivity index (χ3n) is 5.94. The molecule has 10 heteroatoms. The number of nitrogens with one attached hydrogen (secondary N) is 1. The van der Waals surface area contributed by atoms with Crippen LogP contribution < -0.4 is 22.5 Å². The lowest BCUT2D eigenvalue weighted by Crippen LogP contribution is -2.43. The SMILES string of the molecule is CCC(C)n1c(=O)[nH]c(C)c(Br)c1=O.Cc1c(Br)c(=O)n(C2CCCCC2)c(=O)n1C. The first-order valence-electron chi connectivity index (χ1n) is 10.5. The van der Waals surface area contributed by atoms with Gasteiger partial charge in [0, 0.05) is 30.5 Å². The molecule has 2 aromatic rings. The van der Waals surface area contributed by atoms with Gasteiger partial charge in [-0.25, -0.2) is 9.59 Å². The van der Waals surface area contributed by atoms with Crippen LogP contribution in [0.25, 0.3) is 0 Å². The molecule has 1 fully saturated rings. The van der Waals surface area contributed by atoms with Gasteiger partial charge in [-0.15, -0.1) is 0 Å². The van der Waals surface area contributed by atoms with E-state index in [-0.39, 0.29) is 34.6 Å². The molecule has 3 rings (SSSR count). The summed E-state index contributed by atoms with van der Waals surface area (Å²) in [5, 5.41) is 0. The first kappa shape index (κ1) is 25.6. The molecule has 2 aromatic heterocycles. The van der Waals surface area contributed by atoms with Crippen molar-refractivity contribution in [3.05, 3.63) is 62.0 Å². The van der Waals surface area contributed by atoms with E-state index in [1.54, 1.807) is 25.5 Å². The number of rotatable bonds is 3. The molecule has 0 radical (unpaired) electrons. The fourth-order valence-corrected chi connectivity index (χ4v) is 4.42. The second-order valence-electron chi connectivity index (χ2n) is 8.01. The summed E-state index contributed by atoms with van der Waals surface area (Å²) in [7, 11) is 1.71. The molecule has 0 saturated heterocycles. The van der Waals surface area contributed by atoms with Crippen LogP contribution in [0.2, 0.25) is 0 Å². The highest BCUT2D eigenvalue weighted by molar-refractivity contribution is 9.10. The Balaban J connectivity index is 0.000000225. The van der Waals surface area contributed by atoms with E-state index in [0.29, 0.717) is 20.3 Å². The van der Waals surface area contributed by atoms with Gasteiger partial charge in [-0.2, -0.15) is 0 Å². The summed E-state index contributed by atoms with van der Waals surface area (Å²) in [6, 6.07) is -0.00463. The van der Waals surface area contributed by atoms with Gasteiger partial charge in [-0.1, -0.05) is 26.2 Å². The van der Waals surface area contributed by atoms with Gasteiger partial charge in [0.15, 0.2) is 0 Å². The highest BCUT2D eigenvalue weighted by Gasteiger charge is 2.21. The Labute approximate surface area is 197 Å². The average Bonchev–Trinajstić information content (AvgIpc) is 2.76. The molecule has 0 amide bonds. The van der Waals surface area contributed by atoms with Crippen LogP contribution >= 0.6 is 31.9 Å². The number of halogens is 2. The third-order valence-corrected chi connectivity index (χ3v) is 7.79.